The van der Waals surface area contributed by atoms with Gasteiger partial charge < -0.3 is 9.52 Å². The Balaban J connectivity index is 0.00000186. The third-order valence-electron chi connectivity index (χ3n) is 5.62. The van der Waals surface area contributed by atoms with Crippen LogP contribution in [0, 0.1) is 0 Å². The van der Waals surface area contributed by atoms with Crippen LogP contribution in [0.3, 0.4) is 0 Å². The summed E-state index contributed by atoms with van der Waals surface area (Å²) in [5, 5.41) is 10.5. The summed E-state index contributed by atoms with van der Waals surface area (Å²) in [6, 6.07) is 15.9. The van der Waals surface area contributed by atoms with Gasteiger partial charge in [0.15, 0.2) is 5.78 Å². The summed E-state index contributed by atoms with van der Waals surface area (Å²) >= 11 is 0. The van der Waals surface area contributed by atoms with Crippen molar-refractivity contribution in [2.45, 2.75) is 39.3 Å². The quantitative estimate of drug-likeness (QED) is 0.185. The smallest absolute Gasteiger partial charge is 0.417 e. The fraction of sp³-hybridized carbons (Fsp3) is 0.250. The summed E-state index contributed by atoms with van der Waals surface area (Å²) in [5.41, 5.74) is -1.15. The Morgan fingerprint density at radius 2 is 1.62 bits per heavy atom. The number of Topliss-reactive ketones (excluding diaryl/α,β-unsaturated/α-hetero) is 1. The van der Waals surface area contributed by atoms with Crippen molar-refractivity contribution in [2.24, 2.45) is 0 Å². The Bertz CT molecular complexity index is 1310. The van der Waals surface area contributed by atoms with Crippen molar-refractivity contribution in [1.82, 2.24) is 4.90 Å². The van der Waals surface area contributed by atoms with Gasteiger partial charge in [0.05, 0.1) is 5.56 Å². The second kappa shape index (κ2) is 11.7. The van der Waals surface area contributed by atoms with Crippen molar-refractivity contribution in [3.8, 4) is 11.3 Å². The van der Waals surface area contributed by atoms with Gasteiger partial charge in [-0.1, -0.05) is 50.2 Å². The normalized spacial score (nSPS) is 15.2. The summed E-state index contributed by atoms with van der Waals surface area (Å²) in [6.07, 6.45) is -4.83. The van der Waals surface area contributed by atoms with E-state index in [4.69, 9.17) is 4.42 Å². The zero-order chi connectivity index (χ0) is 27.2. The third kappa shape index (κ3) is 6.17. The van der Waals surface area contributed by atoms with Crippen molar-refractivity contribution < 1.29 is 37.1 Å². The third-order valence-corrected chi connectivity index (χ3v) is 5.62. The van der Waals surface area contributed by atoms with E-state index in [1.54, 1.807) is 30.3 Å². The summed E-state index contributed by atoms with van der Waals surface area (Å²) in [6.45, 7) is 3.91. The number of rotatable bonds is 5. The van der Waals surface area contributed by atoms with Crippen LogP contribution in [0.2, 0.25) is 0 Å². The summed E-state index contributed by atoms with van der Waals surface area (Å²) in [4.78, 5) is 38.8. The number of carbonyl (C=O) groups excluding carboxylic acids is 3. The van der Waals surface area contributed by atoms with E-state index in [0.29, 0.717) is 0 Å². The molecule has 194 valence electrons. The standard InChI is InChI=1S/C26H20F3NO5.C2H6/c27-26(28,29)19-9-5-4-8-18(19)22-13-11-17(35-22)10-12-20(31)23-21(32)14-15-30(25(23)34)24(33)16-6-2-1-3-7-16;1-2/h1-9,11,13,31H,10,12,14-15H2;1-2H3/b23-20-;. The number of likely N-dealkylation sites (tertiary alicyclic amines) is 1. The molecule has 0 unspecified atom stereocenters. The summed E-state index contributed by atoms with van der Waals surface area (Å²) in [7, 11) is 0. The van der Waals surface area contributed by atoms with E-state index < -0.39 is 40.7 Å². The molecule has 2 aromatic carbocycles. The maximum atomic E-state index is 13.3. The van der Waals surface area contributed by atoms with Gasteiger partial charge in [-0.2, -0.15) is 13.2 Å². The Morgan fingerprint density at radius 1 is 0.973 bits per heavy atom. The average molecular weight is 514 g/mol. The van der Waals surface area contributed by atoms with Gasteiger partial charge in [-0.05, 0) is 30.3 Å². The first kappa shape index (κ1) is 27.4. The highest BCUT2D eigenvalue weighted by Gasteiger charge is 2.36. The van der Waals surface area contributed by atoms with Crippen molar-refractivity contribution in [2.75, 3.05) is 6.54 Å². The molecular formula is C28H26F3NO5. The number of hydrogen-bond donors (Lipinski definition) is 1. The van der Waals surface area contributed by atoms with Crippen molar-refractivity contribution in [3.63, 3.8) is 0 Å². The number of halogens is 3. The van der Waals surface area contributed by atoms with Crippen LogP contribution in [0.5, 0.6) is 0 Å². The van der Waals surface area contributed by atoms with Crippen LogP contribution in [0.4, 0.5) is 13.2 Å². The van der Waals surface area contributed by atoms with E-state index in [-0.39, 0.29) is 48.5 Å². The highest BCUT2D eigenvalue weighted by atomic mass is 19.4. The Labute approximate surface area is 212 Å². The topological polar surface area (TPSA) is 87.8 Å². The van der Waals surface area contributed by atoms with Gasteiger partial charge in [0.2, 0.25) is 0 Å². The molecule has 1 fully saturated rings. The number of hydrogen-bond acceptors (Lipinski definition) is 5. The maximum absolute atomic E-state index is 13.3. The second-order valence-corrected chi connectivity index (χ2v) is 7.93. The van der Waals surface area contributed by atoms with Crippen molar-refractivity contribution in [1.29, 1.82) is 0 Å². The molecule has 1 N–H and O–H groups in total. The summed E-state index contributed by atoms with van der Waals surface area (Å²) < 4.78 is 45.4. The molecule has 1 aliphatic heterocycles. The lowest BCUT2D eigenvalue weighted by Gasteiger charge is -2.26. The molecule has 37 heavy (non-hydrogen) atoms. The number of furan rings is 1. The molecule has 0 atom stereocenters. The van der Waals surface area contributed by atoms with Crippen LogP contribution >= 0.6 is 0 Å². The van der Waals surface area contributed by atoms with Crippen LogP contribution in [-0.4, -0.2) is 34.1 Å². The highest BCUT2D eigenvalue weighted by molar-refractivity contribution is 6.25. The Hall–Kier alpha value is -4.14. The molecule has 0 spiro atoms. The zero-order valence-electron chi connectivity index (χ0n) is 20.3. The molecule has 1 aromatic heterocycles. The number of alkyl halides is 3. The van der Waals surface area contributed by atoms with Gasteiger partial charge in [-0.15, -0.1) is 0 Å². The summed E-state index contributed by atoms with van der Waals surface area (Å²) in [5.74, 6) is -2.27. The number of nitrogens with zero attached hydrogens (tertiary/aromatic N) is 1. The van der Waals surface area contributed by atoms with Crippen LogP contribution in [0.15, 0.2) is 82.5 Å². The zero-order valence-corrected chi connectivity index (χ0v) is 20.3. The maximum Gasteiger partial charge on any atom is 0.417 e. The number of piperidine rings is 1. The molecule has 0 radical (unpaired) electrons. The average Bonchev–Trinajstić information content (AvgIpc) is 3.37. The predicted molar refractivity (Wildman–Crippen MR) is 131 cm³/mol. The highest BCUT2D eigenvalue weighted by Crippen LogP contribution is 2.37. The molecular weight excluding hydrogens is 487 g/mol. The fourth-order valence-corrected chi connectivity index (χ4v) is 3.88. The first-order chi connectivity index (χ1) is 17.7. The number of carbonyl (C=O) groups is 3. The molecule has 4 rings (SSSR count). The number of imide groups is 1. The largest absolute Gasteiger partial charge is 0.511 e. The Morgan fingerprint density at radius 3 is 2.30 bits per heavy atom. The molecule has 1 aliphatic rings. The van der Waals surface area contributed by atoms with Gasteiger partial charge in [0, 0.05) is 36.9 Å². The van der Waals surface area contributed by atoms with Crippen LogP contribution < -0.4 is 0 Å². The molecule has 0 saturated carbocycles. The van der Waals surface area contributed by atoms with Crippen LogP contribution in [0.1, 0.15) is 48.4 Å². The number of benzene rings is 2. The number of amides is 2. The lowest BCUT2D eigenvalue weighted by Crippen LogP contribution is -2.45. The van der Waals surface area contributed by atoms with E-state index in [9.17, 15) is 32.7 Å². The number of aliphatic hydroxyl groups excluding tert-OH is 1. The first-order valence-electron chi connectivity index (χ1n) is 11.8. The van der Waals surface area contributed by atoms with E-state index in [1.165, 1.54) is 30.3 Å². The number of aryl methyl sites for hydroxylation is 1. The SMILES string of the molecule is CC.O=C1CCN(C(=O)c2ccccc2)C(=O)/C1=C(\O)CCc1ccc(-c2ccccc2C(F)(F)F)o1. The lowest BCUT2D eigenvalue weighted by atomic mass is 9.98. The minimum atomic E-state index is -4.56. The van der Waals surface area contributed by atoms with E-state index in [1.807, 2.05) is 13.8 Å². The number of allylic oxidation sites excluding steroid dienone is 1. The second-order valence-electron chi connectivity index (χ2n) is 7.93. The first-order valence-corrected chi connectivity index (χ1v) is 11.8. The Kier molecular flexibility index (Phi) is 8.70. The van der Waals surface area contributed by atoms with Gasteiger partial charge >= 0.3 is 6.18 Å². The minimum Gasteiger partial charge on any atom is -0.511 e. The monoisotopic (exact) mass is 513 g/mol. The molecule has 2 amide bonds. The van der Waals surface area contributed by atoms with Crippen molar-refractivity contribution in [3.05, 3.63) is 94.9 Å². The van der Waals surface area contributed by atoms with Gasteiger partial charge in [-0.3, -0.25) is 19.3 Å². The minimum absolute atomic E-state index is 0.00419. The van der Waals surface area contributed by atoms with Gasteiger partial charge in [-0.25, -0.2) is 0 Å². The number of ketones is 1. The predicted octanol–water partition coefficient (Wildman–Crippen LogP) is 6.38. The van der Waals surface area contributed by atoms with E-state index in [2.05, 4.69) is 0 Å². The van der Waals surface area contributed by atoms with E-state index >= 15 is 0 Å². The molecule has 0 bridgehead atoms. The van der Waals surface area contributed by atoms with Crippen LogP contribution in [-0.2, 0) is 22.2 Å². The van der Waals surface area contributed by atoms with Gasteiger partial charge in [0.25, 0.3) is 11.8 Å². The molecule has 3 aromatic rings. The van der Waals surface area contributed by atoms with Crippen molar-refractivity contribution >= 4 is 17.6 Å². The molecule has 6 nitrogen and oxygen atoms in total. The van der Waals surface area contributed by atoms with E-state index in [0.717, 1.165) is 11.0 Å². The molecule has 2 heterocycles. The molecule has 0 aliphatic carbocycles. The number of aliphatic hydroxyl groups is 1. The molecule has 9 heteroatoms. The molecule has 1 saturated heterocycles. The fourth-order valence-electron chi connectivity index (χ4n) is 3.88. The lowest BCUT2D eigenvalue weighted by molar-refractivity contribution is -0.137. The van der Waals surface area contributed by atoms with Crippen LogP contribution in [0.25, 0.3) is 11.3 Å². The van der Waals surface area contributed by atoms with Gasteiger partial charge in [0.1, 0.15) is 22.9 Å².